The molecule has 1 aromatic carbocycles. The highest BCUT2D eigenvalue weighted by atomic mass is 127. The van der Waals surface area contributed by atoms with Crippen molar-refractivity contribution in [3.8, 4) is 0 Å². The lowest BCUT2D eigenvalue weighted by atomic mass is 10.1. The molecule has 0 unspecified atom stereocenters. The zero-order valence-electron chi connectivity index (χ0n) is 14.1. The largest absolute Gasteiger partial charge is 0.361 e. The summed E-state index contributed by atoms with van der Waals surface area (Å²) in [6.45, 7) is 9.35. The third-order valence-corrected chi connectivity index (χ3v) is 3.33. The fraction of sp³-hybridized carbons (Fsp3) is 0.471. The molecule has 0 aliphatic heterocycles. The Morgan fingerprint density at radius 3 is 2.64 bits per heavy atom. The van der Waals surface area contributed by atoms with Gasteiger partial charge in [-0.2, -0.15) is 0 Å². The van der Waals surface area contributed by atoms with Gasteiger partial charge in [-0.3, -0.25) is 4.99 Å². The van der Waals surface area contributed by atoms with Crippen molar-refractivity contribution < 1.29 is 0 Å². The first-order valence-corrected chi connectivity index (χ1v) is 7.44. The van der Waals surface area contributed by atoms with Crippen molar-refractivity contribution in [2.45, 2.75) is 39.7 Å². The predicted molar refractivity (Wildman–Crippen MR) is 106 cm³/mol. The lowest BCUT2D eigenvalue weighted by Crippen LogP contribution is -2.48. The van der Waals surface area contributed by atoms with E-state index in [0.29, 0.717) is 0 Å². The van der Waals surface area contributed by atoms with E-state index in [1.54, 1.807) is 7.05 Å². The first-order chi connectivity index (χ1) is 9.89. The molecule has 0 aliphatic carbocycles. The lowest BCUT2D eigenvalue weighted by molar-refractivity contribution is 0.501. The molecular weight excluding hydrogens is 387 g/mol. The number of hydrogen-bond acceptors (Lipinski definition) is 1. The molecule has 4 nitrogen and oxygen atoms in total. The minimum Gasteiger partial charge on any atom is -0.361 e. The van der Waals surface area contributed by atoms with Crippen LogP contribution in [0.15, 0.2) is 29.4 Å². The molecule has 5 heteroatoms. The number of nitrogens with zero attached hydrogens (tertiary/aromatic N) is 1. The third-order valence-electron chi connectivity index (χ3n) is 3.33. The van der Waals surface area contributed by atoms with Gasteiger partial charge in [0.25, 0.3) is 0 Å². The predicted octanol–water partition coefficient (Wildman–Crippen LogP) is 3.60. The van der Waals surface area contributed by atoms with E-state index < -0.39 is 0 Å². The highest BCUT2D eigenvalue weighted by molar-refractivity contribution is 14.0. The molecule has 2 aromatic rings. The second kappa shape index (κ2) is 7.85. The van der Waals surface area contributed by atoms with Gasteiger partial charge in [0.15, 0.2) is 5.96 Å². The summed E-state index contributed by atoms with van der Waals surface area (Å²) in [6, 6.07) is 6.54. The zero-order chi connectivity index (χ0) is 15.5. The van der Waals surface area contributed by atoms with E-state index >= 15 is 0 Å². The molecule has 0 bridgehead atoms. The van der Waals surface area contributed by atoms with Gasteiger partial charge in [-0.15, -0.1) is 24.0 Å². The van der Waals surface area contributed by atoms with Gasteiger partial charge in [-0.1, -0.05) is 12.1 Å². The molecule has 0 radical (unpaired) electrons. The standard InChI is InChI=1S/C17H26N4.HI/c1-12-6-7-14-13(11-20-15(14)10-12)8-9-19-16(18-5)21-17(2,3)4;/h6-7,10-11,20H,8-9H2,1-5H3,(H2,18,19,21);1H. The summed E-state index contributed by atoms with van der Waals surface area (Å²) in [7, 11) is 1.80. The number of benzene rings is 1. The van der Waals surface area contributed by atoms with Crippen LogP contribution in [-0.4, -0.2) is 30.1 Å². The van der Waals surface area contributed by atoms with E-state index in [1.807, 2.05) is 0 Å². The van der Waals surface area contributed by atoms with Crippen LogP contribution < -0.4 is 10.6 Å². The minimum absolute atomic E-state index is 0. The van der Waals surface area contributed by atoms with Gasteiger partial charge in [0.1, 0.15) is 0 Å². The summed E-state index contributed by atoms with van der Waals surface area (Å²) in [4.78, 5) is 7.60. The summed E-state index contributed by atoms with van der Waals surface area (Å²) in [6.07, 6.45) is 3.07. The molecule has 0 saturated carbocycles. The van der Waals surface area contributed by atoms with E-state index in [9.17, 15) is 0 Å². The first kappa shape index (κ1) is 18.8. The zero-order valence-corrected chi connectivity index (χ0v) is 16.4. The molecule has 0 atom stereocenters. The van der Waals surface area contributed by atoms with Crippen LogP contribution in [-0.2, 0) is 6.42 Å². The Bertz CT molecular complexity index is 638. The second-order valence-corrected chi connectivity index (χ2v) is 6.49. The third kappa shape index (κ3) is 5.19. The van der Waals surface area contributed by atoms with Crippen molar-refractivity contribution in [2.75, 3.05) is 13.6 Å². The normalized spacial score (nSPS) is 12.1. The molecule has 0 spiro atoms. The fourth-order valence-corrected chi connectivity index (χ4v) is 2.36. The van der Waals surface area contributed by atoms with Crippen molar-refractivity contribution in [1.29, 1.82) is 0 Å². The molecule has 1 aromatic heterocycles. The smallest absolute Gasteiger partial charge is 0.191 e. The number of rotatable bonds is 3. The Labute approximate surface area is 150 Å². The van der Waals surface area contributed by atoms with Crippen molar-refractivity contribution >= 4 is 40.8 Å². The van der Waals surface area contributed by atoms with Gasteiger partial charge in [-0.25, -0.2) is 0 Å². The molecular formula is C17H27IN4. The molecule has 0 saturated heterocycles. The van der Waals surface area contributed by atoms with Crippen LogP contribution in [0.2, 0.25) is 0 Å². The Kier molecular flexibility index (Phi) is 6.71. The number of H-pyrrole nitrogens is 1. The van der Waals surface area contributed by atoms with E-state index in [0.717, 1.165) is 18.9 Å². The number of halogens is 1. The van der Waals surface area contributed by atoms with E-state index in [4.69, 9.17) is 0 Å². The average molecular weight is 414 g/mol. The Balaban J connectivity index is 0.00000242. The van der Waals surface area contributed by atoms with Crippen molar-refractivity contribution in [3.05, 3.63) is 35.5 Å². The van der Waals surface area contributed by atoms with Gasteiger partial charge in [-0.05, 0) is 51.3 Å². The van der Waals surface area contributed by atoms with Crippen molar-refractivity contribution in [1.82, 2.24) is 15.6 Å². The van der Waals surface area contributed by atoms with Crippen LogP contribution in [0.25, 0.3) is 10.9 Å². The second-order valence-electron chi connectivity index (χ2n) is 6.49. The van der Waals surface area contributed by atoms with Gasteiger partial charge in [0.2, 0.25) is 0 Å². The van der Waals surface area contributed by atoms with Gasteiger partial charge in [0, 0.05) is 36.2 Å². The average Bonchev–Trinajstić information content (AvgIpc) is 2.78. The Hall–Kier alpha value is -1.24. The highest BCUT2D eigenvalue weighted by Crippen LogP contribution is 2.19. The highest BCUT2D eigenvalue weighted by Gasteiger charge is 2.11. The summed E-state index contributed by atoms with van der Waals surface area (Å²) in [5.41, 5.74) is 3.84. The number of guanidine groups is 1. The van der Waals surface area contributed by atoms with Crippen LogP contribution >= 0.6 is 24.0 Å². The van der Waals surface area contributed by atoms with Gasteiger partial charge >= 0.3 is 0 Å². The SMILES string of the molecule is CN=C(NCCc1c[nH]c2cc(C)ccc12)NC(C)(C)C.I. The van der Waals surface area contributed by atoms with Crippen LogP contribution in [0.1, 0.15) is 31.9 Å². The molecule has 22 heavy (non-hydrogen) atoms. The number of aromatic nitrogens is 1. The van der Waals surface area contributed by atoms with Crippen LogP contribution in [0.3, 0.4) is 0 Å². The van der Waals surface area contributed by atoms with Crippen molar-refractivity contribution in [2.24, 2.45) is 4.99 Å². The Morgan fingerprint density at radius 1 is 1.27 bits per heavy atom. The van der Waals surface area contributed by atoms with E-state index in [2.05, 4.69) is 72.7 Å². The van der Waals surface area contributed by atoms with Crippen LogP contribution in [0.4, 0.5) is 0 Å². The summed E-state index contributed by atoms with van der Waals surface area (Å²) < 4.78 is 0. The number of aliphatic imine (C=N–C) groups is 1. The molecule has 0 amide bonds. The quantitative estimate of drug-likeness (QED) is 0.409. The summed E-state index contributed by atoms with van der Waals surface area (Å²) in [5.74, 6) is 0.846. The van der Waals surface area contributed by atoms with E-state index in [1.165, 1.54) is 22.0 Å². The van der Waals surface area contributed by atoms with Crippen LogP contribution in [0.5, 0.6) is 0 Å². The maximum Gasteiger partial charge on any atom is 0.191 e. The maximum absolute atomic E-state index is 4.25. The van der Waals surface area contributed by atoms with Crippen molar-refractivity contribution in [3.63, 3.8) is 0 Å². The number of aromatic amines is 1. The Morgan fingerprint density at radius 2 is 2.00 bits per heavy atom. The summed E-state index contributed by atoms with van der Waals surface area (Å²) in [5, 5.41) is 8.03. The molecule has 2 rings (SSSR count). The minimum atomic E-state index is 0. The molecule has 3 N–H and O–H groups in total. The number of nitrogens with one attached hydrogen (secondary N) is 3. The molecule has 0 fully saturated rings. The molecule has 1 heterocycles. The number of aryl methyl sites for hydroxylation is 1. The fourth-order valence-electron chi connectivity index (χ4n) is 2.36. The molecule has 0 aliphatic rings. The first-order valence-electron chi connectivity index (χ1n) is 7.44. The number of fused-ring (bicyclic) bond motifs is 1. The van der Waals surface area contributed by atoms with E-state index in [-0.39, 0.29) is 29.5 Å². The lowest BCUT2D eigenvalue weighted by Gasteiger charge is -2.23. The summed E-state index contributed by atoms with van der Waals surface area (Å²) >= 11 is 0. The van der Waals surface area contributed by atoms with Gasteiger partial charge in [0.05, 0.1) is 0 Å². The monoisotopic (exact) mass is 414 g/mol. The number of hydrogen-bond donors (Lipinski definition) is 3. The van der Waals surface area contributed by atoms with Gasteiger partial charge < -0.3 is 15.6 Å². The maximum atomic E-state index is 4.25. The topological polar surface area (TPSA) is 52.2 Å². The van der Waals surface area contributed by atoms with Crippen LogP contribution in [0, 0.1) is 6.92 Å². The molecule has 122 valence electrons.